The second-order valence-corrected chi connectivity index (χ2v) is 6.68. The highest BCUT2D eigenvalue weighted by atomic mass is 16.2. The number of carbonyl (C=O) groups excluding carboxylic acids is 2. The number of nitrogens with one attached hydrogen (secondary N) is 1. The maximum Gasteiger partial charge on any atom is 0.236 e. The lowest BCUT2D eigenvalue weighted by Gasteiger charge is -2.21. The Morgan fingerprint density at radius 2 is 2.04 bits per heavy atom. The summed E-state index contributed by atoms with van der Waals surface area (Å²) in [5, 5.41) is 3.00. The highest BCUT2D eigenvalue weighted by Gasteiger charge is 2.35. The van der Waals surface area contributed by atoms with Gasteiger partial charge < -0.3 is 10.2 Å². The maximum absolute atomic E-state index is 12.6. The molecule has 6 heteroatoms. The molecule has 1 aromatic rings. The molecule has 2 heterocycles. The number of likely N-dealkylation sites (tertiary alicyclic amines) is 1. The van der Waals surface area contributed by atoms with E-state index in [4.69, 9.17) is 0 Å². The molecular weight excluding hydrogens is 304 g/mol. The summed E-state index contributed by atoms with van der Waals surface area (Å²) in [6.07, 6.45) is 5.62. The van der Waals surface area contributed by atoms with Crippen molar-refractivity contribution >= 4 is 11.8 Å². The van der Waals surface area contributed by atoms with E-state index in [9.17, 15) is 9.59 Å². The lowest BCUT2D eigenvalue weighted by atomic mass is 9.98. The summed E-state index contributed by atoms with van der Waals surface area (Å²) < 4.78 is 0. The van der Waals surface area contributed by atoms with Crippen molar-refractivity contribution in [2.75, 3.05) is 26.7 Å². The predicted octanol–water partition coefficient (Wildman–Crippen LogP) is 1.28. The Morgan fingerprint density at radius 1 is 1.33 bits per heavy atom. The van der Waals surface area contributed by atoms with E-state index in [1.54, 1.807) is 12.4 Å². The maximum atomic E-state index is 12.6. The van der Waals surface area contributed by atoms with Crippen LogP contribution in [-0.2, 0) is 16.1 Å². The van der Waals surface area contributed by atoms with E-state index in [0.29, 0.717) is 19.0 Å². The molecule has 1 saturated heterocycles. The van der Waals surface area contributed by atoms with Gasteiger partial charge in [-0.15, -0.1) is 0 Å². The Balaban J connectivity index is 1.88. The molecule has 0 bridgehead atoms. The lowest BCUT2D eigenvalue weighted by molar-refractivity contribution is -0.131. The number of hydrogen-bond acceptors (Lipinski definition) is 4. The van der Waals surface area contributed by atoms with E-state index < -0.39 is 0 Å². The zero-order chi connectivity index (χ0) is 17.5. The van der Waals surface area contributed by atoms with E-state index in [1.807, 2.05) is 29.0 Å². The summed E-state index contributed by atoms with van der Waals surface area (Å²) in [6, 6.07) is 4.00. The minimum absolute atomic E-state index is 0.0230. The van der Waals surface area contributed by atoms with Crippen LogP contribution in [0.3, 0.4) is 0 Å². The summed E-state index contributed by atoms with van der Waals surface area (Å²) in [5.74, 6) is 0.457. The molecule has 0 saturated carbocycles. The fourth-order valence-corrected chi connectivity index (χ4v) is 3.35. The summed E-state index contributed by atoms with van der Waals surface area (Å²) in [7, 11) is 1.95. The second kappa shape index (κ2) is 8.78. The first kappa shape index (κ1) is 18.4. The van der Waals surface area contributed by atoms with Gasteiger partial charge in [0.15, 0.2) is 0 Å². The van der Waals surface area contributed by atoms with Crippen LogP contribution >= 0.6 is 0 Å². The number of carbonyl (C=O) groups is 2. The number of aromatic nitrogens is 1. The Hall–Kier alpha value is -1.95. The van der Waals surface area contributed by atoms with Crippen molar-refractivity contribution in [3.8, 4) is 0 Å². The first-order valence-corrected chi connectivity index (χ1v) is 8.62. The third kappa shape index (κ3) is 5.30. The molecule has 1 aliphatic heterocycles. The number of pyridine rings is 1. The van der Waals surface area contributed by atoms with Crippen LogP contribution in [0, 0.1) is 5.92 Å². The van der Waals surface area contributed by atoms with Crippen LogP contribution in [0.4, 0.5) is 0 Å². The molecule has 6 nitrogen and oxygen atoms in total. The van der Waals surface area contributed by atoms with Crippen LogP contribution < -0.4 is 5.32 Å². The Kier molecular flexibility index (Phi) is 6.73. The van der Waals surface area contributed by atoms with Crippen molar-refractivity contribution in [3.63, 3.8) is 0 Å². The second-order valence-electron chi connectivity index (χ2n) is 6.68. The predicted molar refractivity (Wildman–Crippen MR) is 93.2 cm³/mol. The van der Waals surface area contributed by atoms with Gasteiger partial charge in [0.2, 0.25) is 11.8 Å². The van der Waals surface area contributed by atoms with E-state index in [-0.39, 0.29) is 17.9 Å². The first-order valence-electron chi connectivity index (χ1n) is 8.62. The Bertz CT molecular complexity index is 549. The number of hydrogen-bond donors (Lipinski definition) is 1. The SMILES string of the molecule is CCCC1CN(C(=O)CN(C)Cc2ccncc2)CC1NC(C)=O. The van der Waals surface area contributed by atoms with Gasteiger partial charge in [-0.25, -0.2) is 0 Å². The molecule has 2 rings (SSSR count). The van der Waals surface area contributed by atoms with Gasteiger partial charge in [-0.2, -0.15) is 0 Å². The van der Waals surface area contributed by atoms with Gasteiger partial charge in [-0.3, -0.25) is 19.5 Å². The van der Waals surface area contributed by atoms with E-state index in [2.05, 4.69) is 17.2 Å². The van der Waals surface area contributed by atoms with Gasteiger partial charge in [-0.05, 0) is 37.1 Å². The lowest BCUT2D eigenvalue weighted by Crippen LogP contribution is -2.41. The van der Waals surface area contributed by atoms with Crippen LogP contribution in [0.25, 0.3) is 0 Å². The molecular formula is C18H28N4O2. The topological polar surface area (TPSA) is 65.5 Å². The van der Waals surface area contributed by atoms with Gasteiger partial charge in [0.05, 0.1) is 12.6 Å². The average Bonchev–Trinajstić information content (AvgIpc) is 2.91. The molecule has 132 valence electrons. The van der Waals surface area contributed by atoms with Crippen molar-refractivity contribution in [2.45, 2.75) is 39.3 Å². The summed E-state index contributed by atoms with van der Waals surface area (Å²) in [5.41, 5.74) is 1.14. The molecule has 1 aliphatic rings. The van der Waals surface area contributed by atoms with Crippen molar-refractivity contribution in [1.29, 1.82) is 0 Å². The highest BCUT2D eigenvalue weighted by molar-refractivity contribution is 5.79. The molecule has 2 atom stereocenters. The molecule has 0 aliphatic carbocycles. The molecule has 2 unspecified atom stereocenters. The molecule has 2 amide bonds. The summed E-state index contributed by atoms with van der Waals surface area (Å²) in [6.45, 7) is 6.13. The minimum atomic E-state index is -0.0230. The van der Waals surface area contributed by atoms with Crippen molar-refractivity contribution in [1.82, 2.24) is 20.1 Å². The first-order chi connectivity index (χ1) is 11.5. The van der Waals surface area contributed by atoms with Gasteiger partial charge >= 0.3 is 0 Å². The van der Waals surface area contributed by atoms with Crippen molar-refractivity contribution < 1.29 is 9.59 Å². The zero-order valence-electron chi connectivity index (χ0n) is 14.9. The smallest absolute Gasteiger partial charge is 0.236 e. The minimum Gasteiger partial charge on any atom is -0.351 e. The Labute approximate surface area is 144 Å². The van der Waals surface area contributed by atoms with Gasteiger partial charge in [-0.1, -0.05) is 13.3 Å². The van der Waals surface area contributed by atoms with E-state index >= 15 is 0 Å². The van der Waals surface area contributed by atoms with E-state index in [0.717, 1.165) is 31.5 Å². The summed E-state index contributed by atoms with van der Waals surface area (Å²) in [4.78, 5) is 31.9. The van der Waals surface area contributed by atoms with Crippen LogP contribution in [0.5, 0.6) is 0 Å². The normalized spacial score (nSPS) is 20.4. The molecule has 1 N–H and O–H groups in total. The number of amides is 2. The quantitative estimate of drug-likeness (QED) is 0.817. The Morgan fingerprint density at radius 3 is 2.67 bits per heavy atom. The monoisotopic (exact) mass is 332 g/mol. The van der Waals surface area contributed by atoms with Crippen LogP contribution in [0.2, 0.25) is 0 Å². The zero-order valence-corrected chi connectivity index (χ0v) is 14.9. The third-order valence-corrected chi connectivity index (χ3v) is 4.45. The van der Waals surface area contributed by atoms with Gasteiger partial charge in [0.1, 0.15) is 0 Å². The number of rotatable bonds is 7. The molecule has 0 spiro atoms. The highest BCUT2D eigenvalue weighted by Crippen LogP contribution is 2.22. The van der Waals surface area contributed by atoms with E-state index in [1.165, 1.54) is 6.92 Å². The van der Waals surface area contributed by atoms with Crippen molar-refractivity contribution in [3.05, 3.63) is 30.1 Å². The molecule has 24 heavy (non-hydrogen) atoms. The summed E-state index contributed by atoms with van der Waals surface area (Å²) >= 11 is 0. The largest absolute Gasteiger partial charge is 0.351 e. The fraction of sp³-hybridized carbons (Fsp3) is 0.611. The molecule has 1 fully saturated rings. The molecule has 0 aromatic carbocycles. The van der Waals surface area contributed by atoms with Crippen LogP contribution in [0.1, 0.15) is 32.3 Å². The molecule has 0 radical (unpaired) electrons. The van der Waals surface area contributed by atoms with Crippen LogP contribution in [-0.4, -0.2) is 59.3 Å². The van der Waals surface area contributed by atoms with Crippen molar-refractivity contribution in [2.24, 2.45) is 5.92 Å². The number of nitrogens with zero attached hydrogens (tertiary/aromatic N) is 3. The molecule has 1 aromatic heterocycles. The van der Waals surface area contributed by atoms with Crippen LogP contribution in [0.15, 0.2) is 24.5 Å². The van der Waals surface area contributed by atoms with Gasteiger partial charge in [0, 0.05) is 39.0 Å². The van der Waals surface area contributed by atoms with Gasteiger partial charge in [0.25, 0.3) is 0 Å². The number of likely N-dealkylation sites (N-methyl/N-ethyl adjacent to an activating group) is 1. The average molecular weight is 332 g/mol. The third-order valence-electron chi connectivity index (χ3n) is 4.45. The fourth-order valence-electron chi connectivity index (χ4n) is 3.35. The standard InChI is InChI=1S/C18H28N4O2/c1-4-5-16-11-22(12-17(16)20-14(2)23)18(24)13-21(3)10-15-6-8-19-9-7-15/h6-9,16-17H,4-5,10-13H2,1-3H3,(H,20,23).